The van der Waals surface area contributed by atoms with Crippen LogP contribution in [-0.4, -0.2) is 42.1 Å². The second-order valence-electron chi connectivity index (χ2n) is 5.98. The van der Waals surface area contributed by atoms with E-state index >= 15 is 0 Å². The lowest BCUT2D eigenvalue weighted by Crippen LogP contribution is -2.39. The molecule has 0 aromatic carbocycles. The molecule has 1 rings (SSSR count). The van der Waals surface area contributed by atoms with Crippen molar-refractivity contribution in [2.24, 2.45) is 4.99 Å². The minimum Gasteiger partial charge on any atom is -0.395 e. The summed E-state index contributed by atoms with van der Waals surface area (Å²) in [6.45, 7) is 4.36. The van der Waals surface area contributed by atoms with Gasteiger partial charge in [0.25, 0.3) is 0 Å². The topological polar surface area (TPSA) is 35.8 Å². The number of hydrogen-bond donors (Lipinski definition) is 1. The molecule has 1 N–H and O–H groups in total. The number of aliphatic imine (C=N–C) groups is 1. The molecule has 0 saturated carbocycles. The lowest BCUT2D eigenvalue weighted by Gasteiger charge is -2.30. The van der Waals surface area contributed by atoms with Crippen molar-refractivity contribution < 1.29 is 5.11 Å². The fourth-order valence-corrected chi connectivity index (χ4v) is 2.95. The smallest absolute Gasteiger partial charge is 0.102 e. The maximum atomic E-state index is 9.07. The normalized spacial score (nSPS) is 19.6. The molecular formula is C17H34N2O. The Bertz CT molecular complexity index is 243. The number of unbranched alkanes of at least 4 members (excludes halogenated alkanes) is 8. The number of nitrogens with zero attached hydrogens (tertiary/aromatic N) is 2. The van der Waals surface area contributed by atoms with Crippen LogP contribution in [0.5, 0.6) is 0 Å². The predicted octanol–water partition coefficient (Wildman–Crippen LogP) is 4.00. The van der Waals surface area contributed by atoms with Crippen LogP contribution in [0.1, 0.15) is 77.6 Å². The first-order valence-corrected chi connectivity index (χ1v) is 8.75. The summed E-state index contributed by atoms with van der Waals surface area (Å²) in [6, 6.07) is 0. The van der Waals surface area contributed by atoms with Crippen molar-refractivity contribution in [3.63, 3.8) is 0 Å². The Hall–Kier alpha value is -0.410. The minimum atomic E-state index is 0.254. The van der Waals surface area contributed by atoms with Gasteiger partial charge in [0.15, 0.2) is 0 Å². The molecule has 1 aliphatic heterocycles. The van der Waals surface area contributed by atoms with Crippen molar-refractivity contribution in [2.75, 3.05) is 19.7 Å². The number of hydrogen-bond acceptors (Lipinski definition) is 3. The Morgan fingerprint density at radius 3 is 2.35 bits per heavy atom. The van der Waals surface area contributed by atoms with E-state index in [4.69, 9.17) is 5.11 Å². The van der Waals surface area contributed by atoms with E-state index in [0.29, 0.717) is 6.17 Å². The molecule has 1 aliphatic rings. The van der Waals surface area contributed by atoms with Crippen molar-refractivity contribution in [3.05, 3.63) is 0 Å². The van der Waals surface area contributed by atoms with Crippen LogP contribution >= 0.6 is 0 Å². The maximum Gasteiger partial charge on any atom is 0.102 e. The molecule has 1 heterocycles. The Morgan fingerprint density at radius 1 is 1.05 bits per heavy atom. The van der Waals surface area contributed by atoms with Gasteiger partial charge in [-0.2, -0.15) is 0 Å². The third-order valence-corrected chi connectivity index (χ3v) is 4.20. The number of rotatable bonds is 12. The molecule has 20 heavy (non-hydrogen) atoms. The summed E-state index contributed by atoms with van der Waals surface area (Å²) in [6.07, 6.45) is 17.0. The van der Waals surface area contributed by atoms with Crippen molar-refractivity contribution in [1.82, 2.24) is 4.90 Å². The highest BCUT2D eigenvalue weighted by molar-refractivity contribution is 5.58. The first kappa shape index (κ1) is 17.6. The van der Waals surface area contributed by atoms with Gasteiger partial charge >= 0.3 is 0 Å². The highest BCUT2D eigenvalue weighted by atomic mass is 16.3. The van der Waals surface area contributed by atoms with Crippen LogP contribution in [0.25, 0.3) is 0 Å². The quantitative estimate of drug-likeness (QED) is 0.549. The number of aliphatic hydroxyl groups excluding tert-OH is 1. The summed E-state index contributed by atoms with van der Waals surface area (Å²) in [5.41, 5.74) is 0. The molecule has 0 fully saturated rings. The zero-order chi connectivity index (χ0) is 14.5. The van der Waals surface area contributed by atoms with E-state index in [1.807, 2.05) is 0 Å². The molecule has 1 unspecified atom stereocenters. The largest absolute Gasteiger partial charge is 0.395 e. The molecule has 0 spiro atoms. The van der Waals surface area contributed by atoms with Crippen LogP contribution in [0, 0.1) is 0 Å². The fourth-order valence-electron chi connectivity index (χ4n) is 2.95. The van der Waals surface area contributed by atoms with Crippen LogP contribution in [0.4, 0.5) is 0 Å². The van der Waals surface area contributed by atoms with Crippen molar-refractivity contribution in [3.8, 4) is 0 Å². The molecular weight excluding hydrogens is 248 g/mol. The SMILES string of the molecule is CCCCCCCCCCCC1N=CCCN1CCO. The van der Waals surface area contributed by atoms with E-state index in [1.165, 1.54) is 57.8 Å². The molecule has 0 aromatic rings. The highest BCUT2D eigenvalue weighted by Crippen LogP contribution is 2.16. The van der Waals surface area contributed by atoms with Gasteiger partial charge in [-0.25, -0.2) is 0 Å². The van der Waals surface area contributed by atoms with Crippen LogP contribution in [0.2, 0.25) is 0 Å². The highest BCUT2D eigenvalue weighted by Gasteiger charge is 2.18. The molecule has 118 valence electrons. The Morgan fingerprint density at radius 2 is 1.70 bits per heavy atom. The van der Waals surface area contributed by atoms with Gasteiger partial charge in [-0.3, -0.25) is 9.89 Å². The molecule has 1 atom stereocenters. The maximum absolute atomic E-state index is 9.07. The molecule has 0 bridgehead atoms. The summed E-state index contributed by atoms with van der Waals surface area (Å²) in [5.74, 6) is 0. The lowest BCUT2D eigenvalue weighted by molar-refractivity contribution is 0.144. The van der Waals surface area contributed by atoms with E-state index in [9.17, 15) is 0 Å². The van der Waals surface area contributed by atoms with E-state index in [-0.39, 0.29) is 6.61 Å². The van der Waals surface area contributed by atoms with Gasteiger partial charge in [0.1, 0.15) is 6.17 Å². The lowest BCUT2D eigenvalue weighted by atomic mass is 10.1. The fraction of sp³-hybridized carbons (Fsp3) is 0.941. The van der Waals surface area contributed by atoms with Crippen LogP contribution in [-0.2, 0) is 0 Å². The first-order valence-electron chi connectivity index (χ1n) is 8.75. The van der Waals surface area contributed by atoms with Gasteiger partial charge in [0.2, 0.25) is 0 Å². The van der Waals surface area contributed by atoms with Gasteiger partial charge in [-0.05, 0) is 19.3 Å². The van der Waals surface area contributed by atoms with Crippen LogP contribution in [0.15, 0.2) is 4.99 Å². The molecule has 0 aromatic heterocycles. The van der Waals surface area contributed by atoms with Gasteiger partial charge in [0, 0.05) is 19.3 Å². The molecule has 0 amide bonds. The van der Waals surface area contributed by atoms with E-state index < -0.39 is 0 Å². The monoisotopic (exact) mass is 282 g/mol. The van der Waals surface area contributed by atoms with E-state index in [2.05, 4.69) is 23.0 Å². The van der Waals surface area contributed by atoms with Gasteiger partial charge in [-0.1, -0.05) is 58.3 Å². The summed E-state index contributed by atoms with van der Waals surface area (Å²) in [5, 5.41) is 9.07. The van der Waals surface area contributed by atoms with Crippen LogP contribution < -0.4 is 0 Å². The van der Waals surface area contributed by atoms with Crippen molar-refractivity contribution in [2.45, 2.75) is 83.7 Å². The predicted molar refractivity (Wildman–Crippen MR) is 87.4 cm³/mol. The second-order valence-corrected chi connectivity index (χ2v) is 5.98. The van der Waals surface area contributed by atoms with E-state index in [0.717, 1.165) is 25.9 Å². The molecule has 3 heteroatoms. The molecule has 0 aliphatic carbocycles. The zero-order valence-corrected chi connectivity index (χ0v) is 13.4. The van der Waals surface area contributed by atoms with Crippen LogP contribution in [0.3, 0.4) is 0 Å². The van der Waals surface area contributed by atoms with Gasteiger partial charge in [-0.15, -0.1) is 0 Å². The molecule has 0 radical (unpaired) electrons. The molecule has 0 saturated heterocycles. The minimum absolute atomic E-state index is 0.254. The number of β-amino-alcohol motifs (C(OH)–C–C–N with tert-alkyl or cyclic N) is 1. The average Bonchev–Trinajstić information content (AvgIpc) is 2.47. The summed E-state index contributed by atoms with van der Waals surface area (Å²) in [7, 11) is 0. The average molecular weight is 282 g/mol. The Balaban J connectivity index is 1.97. The summed E-state index contributed by atoms with van der Waals surface area (Å²) in [4.78, 5) is 6.91. The third-order valence-electron chi connectivity index (χ3n) is 4.20. The summed E-state index contributed by atoms with van der Waals surface area (Å²) < 4.78 is 0. The first-order chi connectivity index (χ1) is 9.88. The third kappa shape index (κ3) is 8.01. The Kier molecular flexibility index (Phi) is 10.9. The summed E-state index contributed by atoms with van der Waals surface area (Å²) >= 11 is 0. The Labute approximate surface area is 125 Å². The van der Waals surface area contributed by atoms with Gasteiger partial charge in [0.05, 0.1) is 6.61 Å². The zero-order valence-electron chi connectivity index (χ0n) is 13.4. The number of aliphatic hydroxyl groups is 1. The van der Waals surface area contributed by atoms with Gasteiger partial charge < -0.3 is 5.11 Å². The second kappa shape index (κ2) is 12.3. The molecule has 3 nitrogen and oxygen atoms in total. The van der Waals surface area contributed by atoms with Crippen molar-refractivity contribution >= 4 is 6.21 Å². The van der Waals surface area contributed by atoms with E-state index in [1.54, 1.807) is 0 Å². The standard InChI is InChI=1S/C17H34N2O/c1-2-3-4-5-6-7-8-9-10-12-17-18-13-11-14-19(17)15-16-20/h13,17,20H,2-12,14-16H2,1H3. The van der Waals surface area contributed by atoms with Crippen molar-refractivity contribution in [1.29, 1.82) is 0 Å².